The molecule has 1 unspecified atom stereocenters. The average Bonchev–Trinajstić information content (AvgIpc) is 2.28. The van der Waals surface area contributed by atoms with Gasteiger partial charge < -0.3 is 15.2 Å². The van der Waals surface area contributed by atoms with Crippen molar-refractivity contribution < 1.29 is 9.84 Å². The highest BCUT2D eigenvalue weighted by Crippen LogP contribution is 2.19. The molecule has 1 aromatic carbocycles. The van der Waals surface area contributed by atoms with E-state index >= 15 is 0 Å². The summed E-state index contributed by atoms with van der Waals surface area (Å²) in [4.78, 5) is 0. The number of hydrogen-bond acceptors (Lipinski definition) is 3. The van der Waals surface area contributed by atoms with Crippen LogP contribution in [0.1, 0.15) is 13.3 Å². The lowest BCUT2D eigenvalue weighted by Gasteiger charge is -2.13. The Bertz CT molecular complexity index is 307. The highest BCUT2D eigenvalue weighted by Gasteiger charge is 2.05. The minimum atomic E-state index is -0.456. The summed E-state index contributed by atoms with van der Waals surface area (Å²) in [5, 5.41) is 12.8. The van der Waals surface area contributed by atoms with Crippen LogP contribution in [0.2, 0.25) is 0 Å². The fourth-order valence-electron chi connectivity index (χ4n) is 1.25. The molecule has 0 aromatic heterocycles. The molecule has 2 N–H and O–H groups in total. The molecule has 0 amide bonds. The highest BCUT2D eigenvalue weighted by molar-refractivity contribution is 14.1. The molecular formula is C12H18INO2. The van der Waals surface area contributed by atoms with Gasteiger partial charge >= 0.3 is 0 Å². The predicted molar refractivity (Wildman–Crippen MR) is 73.8 cm³/mol. The summed E-state index contributed by atoms with van der Waals surface area (Å²) in [6.45, 7) is 3.94. The van der Waals surface area contributed by atoms with Gasteiger partial charge in [0.15, 0.2) is 0 Å². The molecule has 0 heterocycles. The van der Waals surface area contributed by atoms with Gasteiger partial charge in [0.1, 0.15) is 18.5 Å². The Kier molecular flexibility index (Phi) is 6.75. The monoisotopic (exact) mass is 335 g/mol. The Balaban J connectivity index is 2.26. The number of rotatable bonds is 7. The van der Waals surface area contributed by atoms with E-state index in [2.05, 4.69) is 34.8 Å². The number of aliphatic hydroxyl groups is 1. The van der Waals surface area contributed by atoms with Crippen LogP contribution >= 0.6 is 22.6 Å². The van der Waals surface area contributed by atoms with E-state index in [4.69, 9.17) is 4.74 Å². The highest BCUT2D eigenvalue weighted by atomic mass is 127. The molecule has 0 radical (unpaired) electrons. The summed E-state index contributed by atoms with van der Waals surface area (Å²) in [5.41, 5.74) is 0. The molecule has 0 saturated carbocycles. The second-order valence-corrected chi connectivity index (χ2v) is 4.76. The second-order valence-electron chi connectivity index (χ2n) is 3.60. The zero-order valence-corrected chi connectivity index (χ0v) is 11.6. The largest absolute Gasteiger partial charge is 0.490 e. The third-order valence-electron chi connectivity index (χ3n) is 2.07. The van der Waals surface area contributed by atoms with Gasteiger partial charge in [0.25, 0.3) is 0 Å². The van der Waals surface area contributed by atoms with Crippen molar-refractivity contribution in [1.29, 1.82) is 0 Å². The van der Waals surface area contributed by atoms with E-state index in [9.17, 15) is 5.11 Å². The van der Waals surface area contributed by atoms with E-state index in [0.29, 0.717) is 13.2 Å². The fourth-order valence-corrected chi connectivity index (χ4v) is 1.80. The molecule has 0 fully saturated rings. The summed E-state index contributed by atoms with van der Waals surface area (Å²) in [6, 6.07) is 7.79. The first kappa shape index (κ1) is 13.7. The van der Waals surface area contributed by atoms with Crippen molar-refractivity contribution in [2.24, 2.45) is 0 Å². The van der Waals surface area contributed by atoms with Crippen molar-refractivity contribution >= 4 is 22.6 Å². The van der Waals surface area contributed by atoms with Crippen LogP contribution in [0.15, 0.2) is 24.3 Å². The maximum absolute atomic E-state index is 9.64. The van der Waals surface area contributed by atoms with E-state index in [1.807, 2.05) is 24.3 Å². The Morgan fingerprint density at radius 1 is 1.44 bits per heavy atom. The number of hydrogen-bond donors (Lipinski definition) is 2. The van der Waals surface area contributed by atoms with Crippen molar-refractivity contribution in [2.75, 3.05) is 19.7 Å². The van der Waals surface area contributed by atoms with Crippen LogP contribution in [-0.2, 0) is 0 Å². The maximum atomic E-state index is 9.64. The lowest BCUT2D eigenvalue weighted by atomic mass is 10.3. The zero-order valence-electron chi connectivity index (χ0n) is 9.45. The maximum Gasteiger partial charge on any atom is 0.132 e. The van der Waals surface area contributed by atoms with Gasteiger partial charge in [0.2, 0.25) is 0 Å². The van der Waals surface area contributed by atoms with Gasteiger partial charge in [0.05, 0.1) is 3.57 Å². The van der Waals surface area contributed by atoms with E-state index in [1.165, 1.54) is 0 Å². The first-order valence-electron chi connectivity index (χ1n) is 5.50. The second kappa shape index (κ2) is 7.86. The number of ether oxygens (including phenoxy) is 1. The molecule has 0 aliphatic rings. The quantitative estimate of drug-likeness (QED) is 0.592. The van der Waals surface area contributed by atoms with Crippen molar-refractivity contribution in [1.82, 2.24) is 5.32 Å². The summed E-state index contributed by atoms with van der Waals surface area (Å²) in [7, 11) is 0. The first-order valence-corrected chi connectivity index (χ1v) is 6.58. The lowest BCUT2D eigenvalue weighted by Crippen LogP contribution is -2.31. The predicted octanol–water partition coefficient (Wildman–Crippen LogP) is 2.03. The summed E-state index contributed by atoms with van der Waals surface area (Å²) >= 11 is 2.22. The minimum absolute atomic E-state index is 0.330. The molecule has 0 bridgehead atoms. The number of nitrogens with one attached hydrogen (secondary N) is 1. The van der Waals surface area contributed by atoms with E-state index in [0.717, 1.165) is 22.3 Å². The standard InChI is InChI=1S/C12H18INO2/c1-2-7-14-8-10(15)9-16-12-6-4-3-5-11(12)13/h3-6,10,14-15H,2,7-9H2,1H3. The summed E-state index contributed by atoms with van der Waals surface area (Å²) < 4.78 is 6.60. The van der Waals surface area contributed by atoms with Crippen molar-refractivity contribution in [3.63, 3.8) is 0 Å². The zero-order chi connectivity index (χ0) is 11.8. The van der Waals surface area contributed by atoms with Gasteiger partial charge in [-0.25, -0.2) is 0 Å². The SMILES string of the molecule is CCCNCC(O)COc1ccccc1I. The summed E-state index contributed by atoms with van der Waals surface area (Å²) in [6.07, 6.45) is 0.618. The van der Waals surface area contributed by atoms with E-state index in [1.54, 1.807) is 0 Å². The van der Waals surface area contributed by atoms with Gasteiger partial charge in [0, 0.05) is 6.54 Å². The van der Waals surface area contributed by atoms with Crippen molar-refractivity contribution in [2.45, 2.75) is 19.4 Å². The third kappa shape index (κ3) is 5.14. The van der Waals surface area contributed by atoms with E-state index < -0.39 is 6.10 Å². The van der Waals surface area contributed by atoms with Crippen LogP contribution in [0.5, 0.6) is 5.75 Å². The molecule has 1 aromatic rings. The van der Waals surface area contributed by atoms with Crippen LogP contribution in [0, 0.1) is 3.57 Å². The van der Waals surface area contributed by atoms with Crippen molar-refractivity contribution in [3.8, 4) is 5.75 Å². The molecule has 3 nitrogen and oxygen atoms in total. The smallest absolute Gasteiger partial charge is 0.132 e. The molecule has 1 atom stereocenters. The Labute approximate surface area is 110 Å². The normalized spacial score (nSPS) is 12.4. The fraction of sp³-hybridized carbons (Fsp3) is 0.500. The Morgan fingerprint density at radius 3 is 2.88 bits per heavy atom. The minimum Gasteiger partial charge on any atom is -0.490 e. The molecule has 4 heteroatoms. The van der Waals surface area contributed by atoms with E-state index in [-0.39, 0.29) is 0 Å². The lowest BCUT2D eigenvalue weighted by molar-refractivity contribution is 0.106. The van der Waals surface area contributed by atoms with Gasteiger partial charge in [-0.05, 0) is 47.7 Å². The molecule has 0 saturated heterocycles. The molecule has 0 aliphatic carbocycles. The molecule has 0 aliphatic heterocycles. The van der Waals surface area contributed by atoms with Gasteiger partial charge in [-0.1, -0.05) is 19.1 Å². The third-order valence-corrected chi connectivity index (χ3v) is 2.97. The number of para-hydroxylation sites is 1. The van der Waals surface area contributed by atoms with Crippen LogP contribution in [-0.4, -0.2) is 30.9 Å². The Hall–Kier alpha value is -0.330. The van der Waals surface area contributed by atoms with Crippen LogP contribution in [0.4, 0.5) is 0 Å². The Morgan fingerprint density at radius 2 is 2.19 bits per heavy atom. The van der Waals surface area contributed by atoms with Crippen LogP contribution < -0.4 is 10.1 Å². The van der Waals surface area contributed by atoms with Gasteiger partial charge in [-0.3, -0.25) is 0 Å². The number of benzene rings is 1. The van der Waals surface area contributed by atoms with Crippen molar-refractivity contribution in [3.05, 3.63) is 27.8 Å². The van der Waals surface area contributed by atoms with Crippen LogP contribution in [0.3, 0.4) is 0 Å². The molecule has 0 spiro atoms. The molecular weight excluding hydrogens is 317 g/mol. The molecule has 90 valence electrons. The molecule has 16 heavy (non-hydrogen) atoms. The van der Waals surface area contributed by atoms with Crippen LogP contribution in [0.25, 0.3) is 0 Å². The number of halogens is 1. The number of aliphatic hydroxyl groups excluding tert-OH is 1. The molecule has 1 rings (SSSR count). The first-order chi connectivity index (χ1) is 7.74. The van der Waals surface area contributed by atoms with Gasteiger partial charge in [-0.15, -0.1) is 0 Å². The topological polar surface area (TPSA) is 41.5 Å². The summed E-state index contributed by atoms with van der Waals surface area (Å²) in [5.74, 6) is 0.831. The average molecular weight is 335 g/mol. The van der Waals surface area contributed by atoms with Gasteiger partial charge in [-0.2, -0.15) is 0 Å².